The number of hydrogen-bond acceptors (Lipinski definition) is 3. The van der Waals surface area contributed by atoms with Gasteiger partial charge in [-0.1, -0.05) is 41.7 Å². The zero-order valence-corrected chi connectivity index (χ0v) is 15.9. The first-order valence-corrected chi connectivity index (χ1v) is 9.18. The number of fused-ring (bicyclic) bond motifs is 1. The second kappa shape index (κ2) is 6.91. The van der Waals surface area contributed by atoms with E-state index in [9.17, 15) is 18.0 Å². The molecule has 0 aliphatic heterocycles. The van der Waals surface area contributed by atoms with Crippen molar-refractivity contribution in [3.8, 4) is 0 Å². The van der Waals surface area contributed by atoms with Crippen LogP contribution in [0.15, 0.2) is 6.07 Å². The molecule has 0 bridgehead atoms. The normalized spacial score (nSPS) is 25.0. The van der Waals surface area contributed by atoms with E-state index >= 15 is 0 Å². The first kappa shape index (κ1) is 19.8. The van der Waals surface area contributed by atoms with Crippen LogP contribution in [0.5, 0.6) is 0 Å². The van der Waals surface area contributed by atoms with Crippen molar-refractivity contribution in [1.82, 2.24) is 4.98 Å². The highest BCUT2D eigenvalue weighted by Gasteiger charge is 2.44. The predicted octanol–water partition coefficient (Wildman–Crippen LogP) is 5.39. The molecule has 2 aliphatic rings. The average molecular weight is 432 g/mol. The Labute approximate surface area is 163 Å². The van der Waals surface area contributed by atoms with Gasteiger partial charge in [-0.25, -0.2) is 9.78 Å². The first-order chi connectivity index (χ1) is 11.9. The molecular formula is C16H16Cl3F3N2O2. The van der Waals surface area contributed by atoms with Gasteiger partial charge in [0.05, 0.1) is 5.69 Å². The molecule has 10 heteroatoms. The van der Waals surface area contributed by atoms with E-state index in [2.05, 4.69) is 17.2 Å². The summed E-state index contributed by atoms with van der Waals surface area (Å²) in [7, 11) is 0. The molecule has 0 saturated heterocycles. The number of ether oxygens (including phenoxy) is 1. The number of alkyl halides is 6. The highest BCUT2D eigenvalue weighted by atomic mass is 35.6. The number of carbonyl (C=O) groups is 1. The minimum Gasteiger partial charge on any atom is -0.445 e. The lowest BCUT2D eigenvalue weighted by molar-refractivity contribution is -0.141. The van der Waals surface area contributed by atoms with Crippen LogP contribution in [-0.2, 0) is 23.8 Å². The third-order valence-corrected chi connectivity index (χ3v) is 5.13. The lowest BCUT2D eigenvalue weighted by Gasteiger charge is -2.15. The van der Waals surface area contributed by atoms with Crippen LogP contribution in [0, 0.1) is 17.8 Å². The Hall–Kier alpha value is -0.920. The lowest BCUT2D eigenvalue weighted by atomic mass is 9.99. The lowest BCUT2D eigenvalue weighted by Crippen LogP contribution is -2.22. The van der Waals surface area contributed by atoms with Gasteiger partial charge in [0.15, 0.2) is 0 Å². The Kier molecular flexibility index (Phi) is 5.27. The first-order valence-electron chi connectivity index (χ1n) is 8.04. The van der Waals surface area contributed by atoms with Gasteiger partial charge in [-0.15, -0.1) is 0 Å². The summed E-state index contributed by atoms with van der Waals surface area (Å²) in [6.07, 6.45) is -3.47. The molecule has 1 amide bonds. The van der Waals surface area contributed by atoms with E-state index in [1.54, 1.807) is 0 Å². The molecule has 0 radical (unpaired) electrons. The van der Waals surface area contributed by atoms with Crippen molar-refractivity contribution in [1.29, 1.82) is 0 Å². The van der Waals surface area contributed by atoms with Crippen molar-refractivity contribution in [2.45, 2.75) is 36.2 Å². The Balaban J connectivity index is 1.82. The fourth-order valence-corrected chi connectivity index (χ4v) is 3.63. The molecule has 0 spiro atoms. The maximum Gasteiger partial charge on any atom is 0.433 e. The summed E-state index contributed by atoms with van der Waals surface area (Å²) in [5.41, 5.74) is -0.00148. The van der Waals surface area contributed by atoms with Gasteiger partial charge in [-0.2, -0.15) is 13.2 Å². The molecule has 0 aromatic carbocycles. The molecule has 4 nitrogen and oxygen atoms in total. The fourth-order valence-electron chi connectivity index (χ4n) is 3.46. The van der Waals surface area contributed by atoms with Gasteiger partial charge in [0.1, 0.15) is 12.3 Å². The molecule has 26 heavy (non-hydrogen) atoms. The maximum atomic E-state index is 13.1. The summed E-state index contributed by atoms with van der Waals surface area (Å²) in [5.74, 6) is 1.30. The van der Waals surface area contributed by atoms with E-state index in [0.717, 1.165) is 12.5 Å². The molecule has 1 aromatic rings. The highest BCUT2D eigenvalue weighted by molar-refractivity contribution is 6.67. The van der Waals surface area contributed by atoms with Crippen LogP contribution in [0.4, 0.5) is 23.7 Å². The number of nitrogens with zero attached hydrogens (tertiary/aromatic N) is 1. The number of amides is 1. The number of rotatable bonds is 3. The van der Waals surface area contributed by atoms with Crippen molar-refractivity contribution in [3.05, 3.63) is 23.0 Å². The average Bonchev–Trinajstić information content (AvgIpc) is 3.06. The second-order valence-corrected chi connectivity index (χ2v) is 9.36. The number of anilines is 1. The quantitative estimate of drug-likeness (QED) is 0.653. The molecule has 1 N–H and O–H groups in total. The topological polar surface area (TPSA) is 51.2 Å². The van der Waals surface area contributed by atoms with Gasteiger partial charge in [0, 0.05) is 5.69 Å². The molecule has 1 aromatic heterocycles. The third-order valence-electron chi connectivity index (χ3n) is 4.80. The van der Waals surface area contributed by atoms with E-state index in [-0.39, 0.29) is 11.6 Å². The summed E-state index contributed by atoms with van der Waals surface area (Å²) in [4.78, 5) is 15.7. The Bertz CT molecular complexity index is 722. The van der Waals surface area contributed by atoms with E-state index in [0.29, 0.717) is 35.9 Å². The van der Waals surface area contributed by atoms with Gasteiger partial charge in [0.25, 0.3) is 0 Å². The highest BCUT2D eigenvalue weighted by Crippen LogP contribution is 2.50. The summed E-state index contributed by atoms with van der Waals surface area (Å²) in [6.45, 7) is 1.60. The van der Waals surface area contributed by atoms with Crippen molar-refractivity contribution in [2.24, 2.45) is 17.8 Å². The Morgan fingerprint density at radius 3 is 2.54 bits per heavy atom. The van der Waals surface area contributed by atoms with Gasteiger partial charge in [-0.3, -0.25) is 5.32 Å². The predicted molar refractivity (Wildman–Crippen MR) is 92.7 cm³/mol. The zero-order valence-electron chi connectivity index (χ0n) is 13.7. The van der Waals surface area contributed by atoms with Crippen molar-refractivity contribution in [2.75, 3.05) is 11.9 Å². The minimum absolute atomic E-state index is 0.0486. The minimum atomic E-state index is -4.61. The molecule has 1 fully saturated rings. The van der Waals surface area contributed by atoms with Crippen LogP contribution in [0.25, 0.3) is 0 Å². The molecule has 144 valence electrons. The summed E-state index contributed by atoms with van der Waals surface area (Å²) < 4.78 is 42.4. The van der Waals surface area contributed by atoms with Crippen LogP contribution in [0.2, 0.25) is 0 Å². The molecule has 1 heterocycles. The molecule has 2 unspecified atom stereocenters. The van der Waals surface area contributed by atoms with E-state index in [1.165, 1.54) is 0 Å². The van der Waals surface area contributed by atoms with Gasteiger partial charge in [0.2, 0.25) is 3.79 Å². The number of aromatic nitrogens is 1. The third kappa shape index (κ3) is 4.67. The number of nitrogens with one attached hydrogen (secondary N) is 1. The van der Waals surface area contributed by atoms with Gasteiger partial charge < -0.3 is 4.74 Å². The molecular weight excluding hydrogens is 416 g/mol. The zero-order chi connectivity index (χ0) is 19.3. The molecule has 3 atom stereocenters. The summed E-state index contributed by atoms with van der Waals surface area (Å²) >= 11 is 16.5. The molecule has 1 saturated carbocycles. The number of halogens is 6. The van der Waals surface area contributed by atoms with Crippen LogP contribution in [-0.4, -0.2) is 21.5 Å². The van der Waals surface area contributed by atoms with E-state index < -0.39 is 28.4 Å². The van der Waals surface area contributed by atoms with Gasteiger partial charge >= 0.3 is 12.3 Å². The van der Waals surface area contributed by atoms with Crippen molar-refractivity contribution in [3.63, 3.8) is 0 Å². The monoisotopic (exact) mass is 430 g/mol. The van der Waals surface area contributed by atoms with Crippen molar-refractivity contribution < 1.29 is 22.7 Å². The Morgan fingerprint density at radius 1 is 1.35 bits per heavy atom. The SMILES string of the molecule is CC1C[C@@H]1C1Cc2nc(C(F)(F)F)cc(NC(=O)OCC(Cl)(Cl)Cl)c2C1. The smallest absolute Gasteiger partial charge is 0.433 e. The number of carbonyl (C=O) groups excluding carboxylic acids is 1. The maximum absolute atomic E-state index is 13.1. The van der Waals surface area contributed by atoms with Crippen LogP contribution < -0.4 is 5.32 Å². The fraction of sp³-hybridized carbons (Fsp3) is 0.625. The largest absolute Gasteiger partial charge is 0.445 e. The van der Waals surface area contributed by atoms with Gasteiger partial charge in [-0.05, 0) is 48.6 Å². The van der Waals surface area contributed by atoms with E-state index in [4.69, 9.17) is 39.5 Å². The summed E-state index contributed by atoms with van der Waals surface area (Å²) in [6, 6.07) is 0.828. The standard InChI is InChI=1S/C16H16Cl3F3N2O2/c1-7-2-9(7)8-3-10-11(4-8)23-13(16(20,21)22)5-12(10)24-14(25)26-6-15(17,18)19/h5,7-9H,2-4,6H2,1H3,(H,23,24,25)/t7?,8?,9-/m0/s1. The van der Waals surface area contributed by atoms with Crippen molar-refractivity contribution >= 4 is 46.6 Å². The second-order valence-electron chi connectivity index (χ2n) is 6.84. The summed E-state index contributed by atoms with van der Waals surface area (Å²) in [5, 5.41) is 2.34. The van der Waals surface area contributed by atoms with Crippen LogP contribution >= 0.6 is 34.8 Å². The van der Waals surface area contributed by atoms with Crippen LogP contribution in [0.3, 0.4) is 0 Å². The Morgan fingerprint density at radius 2 is 2.00 bits per heavy atom. The number of hydrogen-bond donors (Lipinski definition) is 1. The molecule has 2 aliphatic carbocycles. The van der Waals surface area contributed by atoms with Crippen LogP contribution in [0.1, 0.15) is 30.3 Å². The molecule has 3 rings (SSSR count). The number of pyridine rings is 1. The van der Waals surface area contributed by atoms with E-state index in [1.807, 2.05) is 0 Å².